The lowest BCUT2D eigenvalue weighted by atomic mass is 9.79. The number of benzene rings is 1. The zero-order valence-electron chi connectivity index (χ0n) is 12.5. The standard InChI is InChI=1S/C15H13F3N2O5/c16-15(17,18)7-3-1-2-6(4-7)10-8-9(12(23)19-11(8)22)14(5-21,20-10)13(24)25/h1-4,8-10,20-21H,5H2,(H,24,25)(H,19,22,23). The molecular formula is C15H13F3N2O5. The summed E-state index contributed by atoms with van der Waals surface area (Å²) >= 11 is 0. The van der Waals surface area contributed by atoms with E-state index in [1.54, 1.807) is 0 Å². The van der Waals surface area contributed by atoms with Crippen LogP contribution < -0.4 is 10.6 Å². The smallest absolute Gasteiger partial charge is 0.416 e. The highest BCUT2D eigenvalue weighted by Gasteiger charge is 2.66. The summed E-state index contributed by atoms with van der Waals surface area (Å²) < 4.78 is 38.8. The molecule has 0 aliphatic carbocycles. The lowest BCUT2D eigenvalue weighted by molar-refractivity contribution is -0.151. The van der Waals surface area contributed by atoms with Crippen LogP contribution in [0.3, 0.4) is 0 Å². The van der Waals surface area contributed by atoms with E-state index in [4.69, 9.17) is 0 Å². The number of amides is 2. The summed E-state index contributed by atoms with van der Waals surface area (Å²) in [7, 11) is 0. The lowest BCUT2D eigenvalue weighted by Gasteiger charge is -2.27. The summed E-state index contributed by atoms with van der Waals surface area (Å²) in [5.74, 6) is -5.90. The van der Waals surface area contributed by atoms with Gasteiger partial charge in [0, 0.05) is 6.04 Å². The van der Waals surface area contributed by atoms with Crippen LogP contribution in [0.5, 0.6) is 0 Å². The van der Waals surface area contributed by atoms with Crippen molar-refractivity contribution in [2.75, 3.05) is 6.61 Å². The first-order chi connectivity index (χ1) is 11.6. The van der Waals surface area contributed by atoms with Crippen molar-refractivity contribution >= 4 is 17.8 Å². The first-order valence-corrected chi connectivity index (χ1v) is 7.25. The highest BCUT2D eigenvalue weighted by Crippen LogP contribution is 2.46. The van der Waals surface area contributed by atoms with Crippen molar-refractivity contribution in [3.8, 4) is 0 Å². The number of aliphatic hydroxyl groups excluding tert-OH is 1. The van der Waals surface area contributed by atoms with Crippen LogP contribution in [0, 0.1) is 11.8 Å². The van der Waals surface area contributed by atoms with Crippen molar-refractivity contribution in [3.05, 3.63) is 35.4 Å². The van der Waals surface area contributed by atoms with Crippen LogP contribution in [0.4, 0.5) is 13.2 Å². The molecule has 0 radical (unpaired) electrons. The molecule has 4 N–H and O–H groups in total. The number of rotatable bonds is 3. The number of halogens is 3. The Morgan fingerprint density at radius 2 is 1.92 bits per heavy atom. The molecule has 2 heterocycles. The second-order valence-corrected chi connectivity index (χ2v) is 6.04. The molecule has 0 spiro atoms. The van der Waals surface area contributed by atoms with Gasteiger partial charge in [-0.2, -0.15) is 13.2 Å². The topological polar surface area (TPSA) is 116 Å². The normalized spacial score (nSPS) is 31.8. The molecule has 134 valence electrons. The van der Waals surface area contributed by atoms with Crippen molar-refractivity contribution in [1.29, 1.82) is 0 Å². The van der Waals surface area contributed by atoms with E-state index >= 15 is 0 Å². The molecule has 0 saturated carbocycles. The van der Waals surface area contributed by atoms with Crippen molar-refractivity contribution in [2.45, 2.75) is 17.8 Å². The number of aliphatic carboxylic acids is 1. The second-order valence-electron chi connectivity index (χ2n) is 6.04. The molecule has 10 heteroatoms. The van der Waals surface area contributed by atoms with Crippen LogP contribution in [-0.4, -0.2) is 40.1 Å². The molecule has 2 aliphatic heterocycles. The number of carboxylic acid groups (broad SMARTS) is 1. The van der Waals surface area contributed by atoms with Gasteiger partial charge < -0.3 is 10.2 Å². The first kappa shape index (κ1) is 17.4. The number of carbonyl (C=O) groups is 3. The molecule has 0 bridgehead atoms. The Morgan fingerprint density at radius 3 is 2.48 bits per heavy atom. The van der Waals surface area contributed by atoms with E-state index in [0.717, 1.165) is 18.2 Å². The van der Waals surface area contributed by atoms with E-state index in [1.807, 2.05) is 5.32 Å². The zero-order chi connectivity index (χ0) is 18.6. The maximum Gasteiger partial charge on any atom is 0.416 e. The summed E-state index contributed by atoms with van der Waals surface area (Å²) in [6.45, 7) is -1.00. The van der Waals surface area contributed by atoms with Crippen molar-refractivity contribution in [1.82, 2.24) is 10.6 Å². The molecule has 7 nitrogen and oxygen atoms in total. The van der Waals surface area contributed by atoms with Crippen LogP contribution in [-0.2, 0) is 20.6 Å². The fraction of sp³-hybridized carbons (Fsp3) is 0.400. The summed E-state index contributed by atoms with van der Waals surface area (Å²) in [6, 6.07) is 2.90. The Balaban J connectivity index is 2.10. The van der Waals surface area contributed by atoms with Gasteiger partial charge in [-0.3, -0.25) is 25.0 Å². The molecule has 3 rings (SSSR count). The average molecular weight is 358 g/mol. The molecule has 4 atom stereocenters. The Labute approximate surface area is 138 Å². The Hall–Kier alpha value is -2.46. The predicted octanol–water partition coefficient (Wildman–Crippen LogP) is 0.0542. The number of alkyl halides is 3. The molecule has 2 fully saturated rings. The maximum absolute atomic E-state index is 12.9. The van der Waals surface area contributed by atoms with Crippen LogP contribution in [0.2, 0.25) is 0 Å². The van der Waals surface area contributed by atoms with Gasteiger partial charge in [0.15, 0.2) is 5.54 Å². The second kappa shape index (κ2) is 5.53. The van der Waals surface area contributed by atoms with Crippen LogP contribution >= 0.6 is 0 Å². The van der Waals surface area contributed by atoms with Gasteiger partial charge >= 0.3 is 12.1 Å². The summed E-state index contributed by atoms with van der Waals surface area (Å²) in [5.41, 5.74) is -3.11. The summed E-state index contributed by atoms with van der Waals surface area (Å²) in [6.07, 6.45) is -4.62. The number of carbonyl (C=O) groups excluding carboxylic acids is 2. The molecule has 2 amide bonds. The van der Waals surface area contributed by atoms with Gasteiger partial charge in [0.2, 0.25) is 11.8 Å². The average Bonchev–Trinajstić information content (AvgIpc) is 3.04. The SMILES string of the molecule is O=C1NC(=O)C2C1C(c1cccc(C(F)(F)F)c1)NC2(CO)C(=O)O. The summed E-state index contributed by atoms with van der Waals surface area (Å²) in [5, 5.41) is 23.5. The Morgan fingerprint density at radius 1 is 1.24 bits per heavy atom. The number of fused-ring (bicyclic) bond motifs is 1. The maximum atomic E-state index is 12.9. The number of carboxylic acids is 1. The van der Waals surface area contributed by atoms with Gasteiger partial charge in [-0.05, 0) is 17.7 Å². The highest BCUT2D eigenvalue weighted by atomic mass is 19.4. The number of hydrogen-bond acceptors (Lipinski definition) is 5. The van der Waals surface area contributed by atoms with Crippen LogP contribution in [0.25, 0.3) is 0 Å². The largest absolute Gasteiger partial charge is 0.480 e. The molecule has 1 aromatic rings. The lowest BCUT2D eigenvalue weighted by Crippen LogP contribution is -2.58. The number of nitrogens with one attached hydrogen (secondary N) is 2. The molecule has 4 unspecified atom stereocenters. The van der Waals surface area contributed by atoms with Gasteiger partial charge in [0.1, 0.15) is 0 Å². The molecule has 0 aromatic heterocycles. The molecule has 1 aromatic carbocycles. The van der Waals surface area contributed by atoms with Crippen molar-refractivity contribution in [2.24, 2.45) is 11.8 Å². The number of hydrogen-bond donors (Lipinski definition) is 4. The van der Waals surface area contributed by atoms with Gasteiger partial charge in [-0.15, -0.1) is 0 Å². The van der Waals surface area contributed by atoms with E-state index in [0.29, 0.717) is 0 Å². The number of imide groups is 1. The third-order valence-corrected chi connectivity index (χ3v) is 4.70. The molecule has 2 aliphatic rings. The Bertz CT molecular complexity index is 766. The van der Waals surface area contributed by atoms with Gasteiger partial charge in [-0.1, -0.05) is 12.1 Å². The van der Waals surface area contributed by atoms with Gasteiger partial charge in [0.05, 0.1) is 24.0 Å². The van der Waals surface area contributed by atoms with Crippen molar-refractivity contribution < 1.29 is 37.8 Å². The monoisotopic (exact) mass is 358 g/mol. The van der Waals surface area contributed by atoms with E-state index < -0.39 is 59.5 Å². The fourth-order valence-electron chi connectivity index (χ4n) is 3.53. The number of aliphatic hydroxyl groups is 1. The van der Waals surface area contributed by atoms with Crippen molar-refractivity contribution in [3.63, 3.8) is 0 Å². The van der Waals surface area contributed by atoms with Gasteiger partial charge in [-0.25, -0.2) is 0 Å². The first-order valence-electron chi connectivity index (χ1n) is 7.25. The zero-order valence-corrected chi connectivity index (χ0v) is 12.5. The van der Waals surface area contributed by atoms with Crippen LogP contribution in [0.15, 0.2) is 24.3 Å². The van der Waals surface area contributed by atoms with E-state index in [2.05, 4.69) is 5.32 Å². The highest BCUT2D eigenvalue weighted by molar-refractivity contribution is 6.09. The quantitative estimate of drug-likeness (QED) is 0.568. The van der Waals surface area contributed by atoms with E-state index in [1.165, 1.54) is 6.07 Å². The predicted molar refractivity (Wildman–Crippen MR) is 74.9 cm³/mol. The molecule has 2 saturated heterocycles. The minimum absolute atomic E-state index is 0.00579. The van der Waals surface area contributed by atoms with E-state index in [9.17, 15) is 37.8 Å². The minimum atomic E-state index is -4.62. The molecular weight excluding hydrogens is 345 g/mol. The fourth-order valence-corrected chi connectivity index (χ4v) is 3.53. The van der Waals surface area contributed by atoms with Crippen LogP contribution in [0.1, 0.15) is 17.2 Å². The summed E-state index contributed by atoms with van der Waals surface area (Å²) in [4.78, 5) is 35.8. The van der Waals surface area contributed by atoms with Gasteiger partial charge in [0.25, 0.3) is 0 Å². The Kier molecular flexibility index (Phi) is 3.84. The van der Waals surface area contributed by atoms with E-state index in [-0.39, 0.29) is 5.56 Å². The third kappa shape index (κ3) is 2.48. The third-order valence-electron chi connectivity index (χ3n) is 4.70. The minimum Gasteiger partial charge on any atom is -0.480 e. The molecule has 25 heavy (non-hydrogen) atoms.